The van der Waals surface area contributed by atoms with Crippen LogP contribution in [0.25, 0.3) is 0 Å². The van der Waals surface area contributed by atoms with E-state index in [0.29, 0.717) is 24.5 Å². The molecule has 0 saturated carbocycles. The molecule has 0 heterocycles. The SMILES string of the molecule is CCN(Cc1ccccc1Cl)C(=O)C(N)Cc1ccccc1. The quantitative estimate of drug-likeness (QED) is 0.889. The molecule has 0 radical (unpaired) electrons. The van der Waals surface area contributed by atoms with Gasteiger partial charge in [-0.2, -0.15) is 0 Å². The monoisotopic (exact) mass is 316 g/mol. The number of nitrogens with zero attached hydrogens (tertiary/aromatic N) is 1. The minimum absolute atomic E-state index is 0.0497. The molecule has 2 rings (SSSR count). The van der Waals surface area contributed by atoms with Gasteiger partial charge in [0.15, 0.2) is 0 Å². The van der Waals surface area contributed by atoms with Crippen LogP contribution in [0, 0.1) is 0 Å². The second-order valence-electron chi connectivity index (χ2n) is 5.24. The van der Waals surface area contributed by atoms with Crippen molar-refractivity contribution in [2.24, 2.45) is 5.73 Å². The van der Waals surface area contributed by atoms with Crippen molar-refractivity contribution >= 4 is 17.5 Å². The molecule has 0 bridgehead atoms. The van der Waals surface area contributed by atoms with Gasteiger partial charge in [-0.3, -0.25) is 4.79 Å². The zero-order valence-corrected chi connectivity index (χ0v) is 13.5. The number of hydrogen-bond acceptors (Lipinski definition) is 2. The smallest absolute Gasteiger partial charge is 0.240 e. The lowest BCUT2D eigenvalue weighted by molar-refractivity contribution is -0.133. The molecular weight excluding hydrogens is 296 g/mol. The molecule has 116 valence electrons. The normalized spacial score (nSPS) is 12.0. The van der Waals surface area contributed by atoms with Gasteiger partial charge in [0.1, 0.15) is 0 Å². The minimum atomic E-state index is -0.537. The molecule has 0 saturated heterocycles. The first-order chi connectivity index (χ1) is 10.6. The number of amides is 1. The summed E-state index contributed by atoms with van der Waals surface area (Å²) in [5, 5.41) is 0.672. The highest BCUT2D eigenvalue weighted by Gasteiger charge is 2.20. The second kappa shape index (κ2) is 7.97. The maximum Gasteiger partial charge on any atom is 0.240 e. The topological polar surface area (TPSA) is 46.3 Å². The number of likely N-dealkylation sites (N-methyl/N-ethyl adjacent to an activating group) is 1. The first-order valence-corrected chi connectivity index (χ1v) is 7.81. The first-order valence-electron chi connectivity index (χ1n) is 7.43. The van der Waals surface area contributed by atoms with Crippen LogP contribution in [0.15, 0.2) is 54.6 Å². The van der Waals surface area contributed by atoms with Crippen LogP contribution in [-0.2, 0) is 17.8 Å². The molecule has 3 nitrogen and oxygen atoms in total. The van der Waals surface area contributed by atoms with Crippen molar-refractivity contribution in [2.45, 2.75) is 25.9 Å². The summed E-state index contributed by atoms with van der Waals surface area (Å²) in [5.41, 5.74) is 8.10. The van der Waals surface area contributed by atoms with E-state index in [1.54, 1.807) is 4.90 Å². The van der Waals surface area contributed by atoms with Gasteiger partial charge in [0.25, 0.3) is 0 Å². The van der Waals surface area contributed by atoms with Crippen molar-refractivity contribution in [3.63, 3.8) is 0 Å². The van der Waals surface area contributed by atoms with Crippen molar-refractivity contribution in [3.05, 3.63) is 70.7 Å². The molecular formula is C18H21ClN2O. The van der Waals surface area contributed by atoms with Crippen LogP contribution in [0.1, 0.15) is 18.1 Å². The van der Waals surface area contributed by atoms with E-state index >= 15 is 0 Å². The van der Waals surface area contributed by atoms with Gasteiger partial charge in [0.2, 0.25) is 5.91 Å². The summed E-state index contributed by atoms with van der Waals surface area (Å²) in [5.74, 6) is -0.0497. The molecule has 0 fully saturated rings. The molecule has 22 heavy (non-hydrogen) atoms. The Morgan fingerprint density at radius 3 is 2.41 bits per heavy atom. The van der Waals surface area contributed by atoms with E-state index in [0.717, 1.165) is 11.1 Å². The molecule has 4 heteroatoms. The second-order valence-corrected chi connectivity index (χ2v) is 5.65. The van der Waals surface area contributed by atoms with E-state index in [-0.39, 0.29) is 5.91 Å². The Morgan fingerprint density at radius 1 is 1.14 bits per heavy atom. The number of carbonyl (C=O) groups excluding carboxylic acids is 1. The van der Waals surface area contributed by atoms with E-state index in [1.807, 2.05) is 61.5 Å². The highest BCUT2D eigenvalue weighted by atomic mass is 35.5. The predicted octanol–water partition coefficient (Wildman–Crippen LogP) is 3.26. The molecule has 0 aliphatic carbocycles. The van der Waals surface area contributed by atoms with Crippen LogP contribution < -0.4 is 5.73 Å². The van der Waals surface area contributed by atoms with E-state index in [1.165, 1.54) is 0 Å². The Morgan fingerprint density at radius 2 is 1.77 bits per heavy atom. The third kappa shape index (κ3) is 4.33. The summed E-state index contributed by atoms with van der Waals surface area (Å²) >= 11 is 6.17. The van der Waals surface area contributed by atoms with Crippen molar-refractivity contribution in [1.29, 1.82) is 0 Å². The molecule has 1 unspecified atom stereocenters. The zero-order chi connectivity index (χ0) is 15.9. The average molecular weight is 317 g/mol. The van der Waals surface area contributed by atoms with Crippen LogP contribution in [0.2, 0.25) is 5.02 Å². The van der Waals surface area contributed by atoms with Gasteiger partial charge < -0.3 is 10.6 Å². The largest absolute Gasteiger partial charge is 0.337 e. The lowest BCUT2D eigenvalue weighted by atomic mass is 10.1. The fraction of sp³-hybridized carbons (Fsp3) is 0.278. The summed E-state index contributed by atoms with van der Waals surface area (Å²) < 4.78 is 0. The Bertz CT molecular complexity index is 615. The van der Waals surface area contributed by atoms with Gasteiger partial charge >= 0.3 is 0 Å². The van der Waals surface area contributed by atoms with Crippen LogP contribution in [-0.4, -0.2) is 23.4 Å². The van der Waals surface area contributed by atoms with Gasteiger partial charge in [-0.15, -0.1) is 0 Å². The van der Waals surface area contributed by atoms with Crippen molar-refractivity contribution in [1.82, 2.24) is 4.90 Å². The predicted molar refractivity (Wildman–Crippen MR) is 90.7 cm³/mol. The summed E-state index contributed by atoms with van der Waals surface area (Å²) in [6, 6.07) is 16.8. The number of hydrogen-bond donors (Lipinski definition) is 1. The van der Waals surface area contributed by atoms with Crippen molar-refractivity contribution in [3.8, 4) is 0 Å². The molecule has 1 atom stereocenters. The molecule has 0 aliphatic heterocycles. The van der Waals surface area contributed by atoms with Gasteiger partial charge in [0, 0.05) is 18.1 Å². The molecule has 2 aromatic carbocycles. The number of rotatable bonds is 6. The Kier molecular flexibility index (Phi) is 5.99. The van der Waals surface area contributed by atoms with Crippen molar-refractivity contribution < 1.29 is 4.79 Å². The maximum absolute atomic E-state index is 12.6. The van der Waals surface area contributed by atoms with E-state index in [4.69, 9.17) is 17.3 Å². The minimum Gasteiger partial charge on any atom is -0.337 e. The Labute approximate surface area is 136 Å². The lowest BCUT2D eigenvalue weighted by Crippen LogP contribution is -2.44. The number of benzene rings is 2. The summed E-state index contributed by atoms with van der Waals surface area (Å²) in [7, 11) is 0. The maximum atomic E-state index is 12.6. The van der Waals surface area contributed by atoms with Gasteiger partial charge in [0.05, 0.1) is 6.04 Å². The fourth-order valence-corrected chi connectivity index (χ4v) is 2.56. The van der Waals surface area contributed by atoms with E-state index in [2.05, 4.69) is 0 Å². The number of carbonyl (C=O) groups is 1. The Balaban J connectivity index is 2.03. The third-order valence-electron chi connectivity index (χ3n) is 3.63. The summed E-state index contributed by atoms with van der Waals surface area (Å²) in [6.45, 7) is 3.04. The Hall–Kier alpha value is -1.84. The lowest BCUT2D eigenvalue weighted by Gasteiger charge is -2.25. The van der Waals surface area contributed by atoms with Crippen LogP contribution in [0.3, 0.4) is 0 Å². The molecule has 0 aromatic heterocycles. The molecule has 1 amide bonds. The fourth-order valence-electron chi connectivity index (χ4n) is 2.37. The highest BCUT2D eigenvalue weighted by molar-refractivity contribution is 6.31. The molecule has 2 aromatic rings. The summed E-state index contributed by atoms with van der Waals surface area (Å²) in [6.07, 6.45) is 0.540. The molecule has 0 spiro atoms. The van der Waals surface area contributed by atoms with Crippen LogP contribution in [0.4, 0.5) is 0 Å². The number of nitrogens with two attached hydrogens (primary N) is 1. The van der Waals surface area contributed by atoms with Gasteiger partial charge in [-0.05, 0) is 30.5 Å². The van der Waals surface area contributed by atoms with Crippen LogP contribution >= 0.6 is 11.6 Å². The standard InChI is InChI=1S/C18H21ClN2O/c1-2-21(13-15-10-6-7-11-16(15)19)18(22)17(20)12-14-8-4-3-5-9-14/h3-11,17H,2,12-13,20H2,1H3. The highest BCUT2D eigenvalue weighted by Crippen LogP contribution is 2.17. The summed E-state index contributed by atoms with van der Waals surface area (Å²) in [4.78, 5) is 14.3. The third-order valence-corrected chi connectivity index (χ3v) is 4.00. The average Bonchev–Trinajstić information content (AvgIpc) is 2.54. The van der Waals surface area contributed by atoms with E-state index in [9.17, 15) is 4.79 Å². The van der Waals surface area contributed by atoms with E-state index < -0.39 is 6.04 Å². The van der Waals surface area contributed by atoms with Gasteiger partial charge in [-0.25, -0.2) is 0 Å². The van der Waals surface area contributed by atoms with Crippen LogP contribution in [0.5, 0.6) is 0 Å². The first kappa shape index (κ1) is 16.5. The number of halogens is 1. The van der Waals surface area contributed by atoms with Crippen molar-refractivity contribution in [2.75, 3.05) is 6.54 Å². The van der Waals surface area contributed by atoms with Gasteiger partial charge in [-0.1, -0.05) is 60.1 Å². The molecule has 0 aliphatic rings. The molecule has 2 N–H and O–H groups in total. The zero-order valence-electron chi connectivity index (χ0n) is 12.7.